The number of rotatable bonds is 5. The van der Waals surface area contributed by atoms with E-state index in [1.807, 2.05) is 30.3 Å². The summed E-state index contributed by atoms with van der Waals surface area (Å²) in [6.45, 7) is 2.68. The zero-order valence-corrected chi connectivity index (χ0v) is 7.82. The molecular weight excluding hydrogens is 164 g/mol. The molecule has 0 saturated carbocycles. The largest absolute Gasteiger partial charge is 0.376 e. The standard InChI is InChI=1S/C11H14O2/c1-10(12)7-8-13-9-11-5-3-2-4-6-11/h2-6H,7-9H2,1H3. The Hall–Kier alpha value is -1.15. The summed E-state index contributed by atoms with van der Waals surface area (Å²) < 4.78 is 5.31. The number of carbonyl (C=O) groups is 1. The normalized spacial score (nSPS) is 9.92. The van der Waals surface area contributed by atoms with Crippen LogP contribution in [0.4, 0.5) is 0 Å². The van der Waals surface area contributed by atoms with E-state index in [1.165, 1.54) is 0 Å². The van der Waals surface area contributed by atoms with E-state index in [0.717, 1.165) is 5.56 Å². The predicted molar refractivity (Wildman–Crippen MR) is 51.4 cm³/mol. The molecule has 0 aliphatic carbocycles. The van der Waals surface area contributed by atoms with Crippen LogP contribution >= 0.6 is 0 Å². The summed E-state index contributed by atoms with van der Waals surface area (Å²) in [5, 5.41) is 0. The quantitative estimate of drug-likeness (QED) is 0.646. The van der Waals surface area contributed by atoms with Crippen molar-refractivity contribution in [1.82, 2.24) is 0 Å². The van der Waals surface area contributed by atoms with Gasteiger partial charge < -0.3 is 4.74 Å². The first-order valence-electron chi connectivity index (χ1n) is 4.40. The predicted octanol–water partition coefficient (Wildman–Crippen LogP) is 2.18. The minimum absolute atomic E-state index is 0.174. The van der Waals surface area contributed by atoms with Crippen LogP contribution in [0.25, 0.3) is 0 Å². The van der Waals surface area contributed by atoms with Gasteiger partial charge in [0.2, 0.25) is 0 Å². The smallest absolute Gasteiger partial charge is 0.132 e. The Morgan fingerprint density at radius 1 is 1.31 bits per heavy atom. The van der Waals surface area contributed by atoms with Gasteiger partial charge in [-0.15, -0.1) is 0 Å². The molecule has 0 aromatic heterocycles. The van der Waals surface area contributed by atoms with E-state index < -0.39 is 0 Å². The molecule has 0 bridgehead atoms. The second-order valence-electron chi connectivity index (χ2n) is 2.99. The Morgan fingerprint density at radius 2 is 2.00 bits per heavy atom. The van der Waals surface area contributed by atoms with Crippen LogP contribution in [-0.2, 0) is 16.1 Å². The minimum atomic E-state index is 0.174. The molecule has 70 valence electrons. The summed E-state index contributed by atoms with van der Waals surface area (Å²) in [6, 6.07) is 9.94. The third-order valence-corrected chi connectivity index (χ3v) is 1.71. The number of ketones is 1. The van der Waals surface area contributed by atoms with Crippen LogP contribution in [0.2, 0.25) is 0 Å². The zero-order valence-electron chi connectivity index (χ0n) is 7.82. The maximum absolute atomic E-state index is 10.6. The molecule has 2 heteroatoms. The van der Waals surface area contributed by atoms with Crippen LogP contribution in [0.15, 0.2) is 30.3 Å². The summed E-state index contributed by atoms with van der Waals surface area (Å²) in [6.07, 6.45) is 0.507. The van der Waals surface area contributed by atoms with E-state index in [-0.39, 0.29) is 5.78 Å². The molecule has 0 unspecified atom stereocenters. The van der Waals surface area contributed by atoms with E-state index in [4.69, 9.17) is 4.74 Å². The van der Waals surface area contributed by atoms with Crippen LogP contribution in [0, 0.1) is 0 Å². The lowest BCUT2D eigenvalue weighted by molar-refractivity contribution is -0.118. The maximum Gasteiger partial charge on any atom is 0.132 e. The molecular formula is C11H14O2. The third kappa shape index (κ3) is 4.43. The van der Waals surface area contributed by atoms with E-state index in [0.29, 0.717) is 19.6 Å². The van der Waals surface area contributed by atoms with E-state index >= 15 is 0 Å². The molecule has 0 radical (unpaired) electrons. The summed E-state index contributed by atoms with van der Waals surface area (Å²) in [5.74, 6) is 0.174. The Bertz CT molecular complexity index is 254. The van der Waals surface area contributed by atoms with Gasteiger partial charge in [0.25, 0.3) is 0 Å². The van der Waals surface area contributed by atoms with Gasteiger partial charge in [0, 0.05) is 6.42 Å². The minimum Gasteiger partial charge on any atom is -0.376 e. The second kappa shape index (κ2) is 5.49. The van der Waals surface area contributed by atoms with Crippen molar-refractivity contribution >= 4 is 5.78 Å². The number of carbonyl (C=O) groups excluding carboxylic acids is 1. The van der Waals surface area contributed by atoms with Gasteiger partial charge in [0.05, 0.1) is 13.2 Å². The van der Waals surface area contributed by atoms with Gasteiger partial charge >= 0.3 is 0 Å². The number of hydrogen-bond acceptors (Lipinski definition) is 2. The first kappa shape index (κ1) is 9.93. The molecule has 0 saturated heterocycles. The van der Waals surface area contributed by atoms with Crippen molar-refractivity contribution in [1.29, 1.82) is 0 Å². The number of hydrogen-bond donors (Lipinski definition) is 0. The van der Waals surface area contributed by atoms with Gasteiger partial charge in [0.15, 0.2) is 0 Å². The van der Waals surface area contributed by atoms with Crippen molar-refractivity contribution in [2.45, 2.75) is 20.0 Å². The highest BCUT2D eigenvalue weighted by molar-refractivity contribution is 5.75. The molecule has 2 nitrogen and oxygen atoms in total. The second-order valence-corrected chi connectivity index (χ2v) is 2.99. The number of Topliss-reactive ketones (excluding diaryl/α,β-unsaturated/α-hetero) is 1. The molecule has 1 rings (SSSR count). The van der Waals surface area contributed by atoms with E-state index in [9.17, 15) is 4.79 Å². The molecule has 0 aliphatic rings. The Balaban J connectivity index is 2.17. The van der Waals surface area contributed by atoms with Gasteiger partial charge in [-0.25, -0.2) is 0 Å². The van der Waals surface area contributed by atoms with Crippen LogP contribution in [-0.4, -0.2) is 12.4 Å². The fourth-order valence-corrected chi connectivity index (χ4v) is 0.980. The van der Waals surface area contributed by atoms with Gasteiger partial charge in [-0.05, 0) is 12.5 Å². The SMILES string of the molecule is CC(=O)CCOCc1ccccc1. The van der Waals surface area contributed by atoms with Gasteiger partial charge in [-0.2, -0.15) is 0 Å². The molecule has 0 fully saturated rings. The van der Waals surface area contributed by atoms with Crippen molar-refractivity contribution < 1.29 is 9.53 Å². The summed E-state index contributed by atoms with van der Waals surface area (Å²) in [4.78, 5) is 10.6. The van der Waals surface area contributed by atoms with Crippen LogP contribution in [0.3, 0.4) is 0 Å². The fourth-order valence-electron chi connectivity index (χ4n) is 0.980. The monoisotopic (exact) mass is 178 g/mol. The lowest BCUT2D eigenvalue weighted by Crippen LogP contribution is -2.00. The highest BCUT2D eigenvalue weighted by Gasteiger charge is 1.94. The van der Waals surface area contributed by atoms with Gasteiger partial charge in [-0.3, -0.25) is 4.79 Å². The van der Waals surface area contributed by atoms with Crippen LogP contribution < -0.4 is 0 Å². The molecule has 1 aromatic rings. The highest BCUT2D eigenvalue weighted by Crippen LogP contribution is 2.00. The van der Waals surface area contributed by atoms with Crippen molar-refractivity contribution in [2.75, 3.05) is 6.61 Å². The Morgan fingerprint density at radius 3 is 2.62 bits per heavy atom. The first-order chi connectivity index (χ1) is 6.29. The van der Waals surface area contributed by atoms with Crippen molar-refractivity contribution in [3.8, 4) is 0 Å². The topological polar surface area (TPSA) is 26.3 Å². The van der Waals surface area contributed by atoms with Crippen molar-refractivity contribution in [3.63, 3.8) is 0 Å². The zero-order chi connectivity index (χ0) is 9.52. The molecule has 0 spiro atoms. The van der Waals surface area contributed by atoms with Crippen LogP contribution in [0.1, 0.15) is 18.9 Å². The molecule has 0 heterocycles. The third-order valence-electron chi connectivity index (χ3n) is 1.71. The summed E-state index contributed by atoms with van der Waals surface area (Å²) in [5.41, 5.74) is 1.14. The van der Waals surface area contributed by atoms with Gasteiger partial charge in [-0.1, -0.05) is 30.3 Å². The molecule has 0 aliphatic heterocycles. The van der Waals surface area contributed by atoms with Gasteiger partial charge in [0.1, 0.15) is 5.78 Å². The molecule has 1 aromatic carbocycles. The number of benzene rings is 1. The Labute approximate surface area is 78.5 Å². The molecule has 0 N–H and O–H groups in total. The molecule has 0 atom stereocenters. The van der Waals surface area contributed by atoms with Crippen LogP contribution in [0.5, 0.6) is 0 Å². The van der Waals surface area contributed by atoms with E-state index in [2.05, 4.69) is 0 Å². The molecule has 13 heavy (non-hydrogen) atoms. The summed E-state index contributed by atoms with van der Waals surface area (Å²) in [7, 11) is 0. The first-order valence-corrected chi connectivity index (χ1v) is 4.40. The maximum atomic E-state index is 10.6. The lowest BCUT2D eigenvalue weighted by Gasteiger charge is -2.01. The average Bonchev–Trinajstić information content (AvgIpc) is 2.14. The van der Waals surface area contributed by atoms with Crippen molar-refractivity contribution in [3.05, 3.63) is 35.9 Å². The lowest BCUT2D eigenvalue weighted by atomic mass is 10.2. The summed E-state index contributed by atoms with van der Waals surface area (Å²) >= 11 is 0. The number of ether oxygens (including phenoxy) is 1. The fraction of sp³-hybridized carbons (Fsp3) is 0.364. The van der Waals surface area contributed by atoms with Crippen molar-refractivity contribution in [2.24, 2.45) is 0 Å². The highest BCUT2D eigenvalue weighted by atomic mass is 16.5. The Kier molecular flexibility index (Phi) is 4.19. The average molecular weight is 178 g/mol. The molecule has 0 amide bonds. The van der Waals surface area contributed by atoms with E-state index in [1.54, 1.807) is 6.92 Å².